The lowest BCUT2D eigenvalue weighted by atomic mass is 9.68. The molecule has 1 N–H and O–H groups in total. The van der Waals surface area contributed by atoms with Crippen LogP contribution in [0.15, 0.2) is 0 Å². The van der Waals surface area contributed by atoms with E-state index in [1.807, 2.05) is 14.0 Å². The van der Waals surface area contributed by atoms with Gasteiger partial charge in [0, 0.05) is 13.7 Å². The third-order valence-corrected chi connectivity index (χ3v) is 4.43. The summed E-state index contributed by atoms with van der Waals surface area (Å²) in [5.41, 5.74) is 0.422. The quantitative estimate of drug-likeness (QED) is 0.760. The first-order valence-corrected chi connectivity index (χ1v) is 7.36. The van der Waals surface area contributed by atoms with Gasteiger partial charge < -0.3 is 14.8 Å². The maximum Gasteiger partial charge on any atom is 0.0853 e. The average molecular weight is 257 g/mol. The van der Waals surface area contributed by atoms with E-state index in [4.69, 9.17) is 9.47 Å². The van der Waals surface area contributed by atoms with Crippen molar-refractivity contribution < 1.29 is 9.47 Å². The van der Waals surface area contributed by atoms with Crippen molar-refractivity contribution >= 4 is 0 Å². The molecule has 3 nitrogen and oxygen atoms in total. The molecule has 0 aromatic carbocycles. The van der Waals surface area contributed by atoms with E-state index in [0.29, 0.717) is 11.5 Å². The minimum absolute atomic E-state index is 0.0410. The van der Waals surface area contributed by atoms with Crippen LogP contribution in [0.4, 0.5) is 0 Å². The van der Waals surface area contributed by atoms with Gasteiger partial charge in [0.25, 0.3) is 0 Å². The highest BCUT2D eigenvalue weighted by molar-refractivity contribution is 4.98. The normalized spacial score (nSPS) is 23.8. The van der Waals surface area contributed by atoms with E-state index in [1.165, 1.54) is 12.8 Å². The minimum Gasteiger partial charge on any atom is -0.380 e. The second-order valence-corrected chi connectivity index (χ2v) is 6.20. The van der Waals surface area contributed by atoms with Crippen LogP contribution in [0.1, 0.15) is 53.4 Å². The summed E-state index contributed by atoms with van der Waals surface area (Å²) >= 11 is 0. The van der Waals surface area contributed by atoms with Crippen molar-refractivity contribution in [3.05, 3.63) is 0 Å². The molecule has 0 aromatic heterocycles. The Morgan fingerprint density at radius 3 is 2.17 bits per heavy atom. The SMILES string of the molecule is CCNC(COCC)C1(OC)CCC(C)(C)CC1. The molecule has 1 aliphatic carbocycles. The van der Waals surface area contributed by atoms with Gasteiger partial charge in [-0.15, -0.1) is 0 Å². The third-order valence-electron chi connectivity index (χ3n) is 4.43. The zero-order valence-corrected chi connectivity index (χ0v) is 12.8. The summed E-state index contributed by atoms with van der Waals surface area (Å²) in [6, 6.07) is 0.309. The summed E-state index contributed by atoms with van der Waals surface area (Å²) in [7, 11) is 1.86. The molecule has 1 saturated carbocycles. The molecule has 0 spiro atoms. The summed E-state index contributed by atoms with van der Waals surface area (Å²) in [5, 5.41) is 3.56. The summed E-state index contributed by atoms with van der Waals surface area (Å²) in [6.45, 7) is 11.4. The predicted molar refractivity (Wildman–Crippen MR) is 75.9 cm³/mol. The van der Waals surface area contributed by atoms with Gasteiger partial charge in [0.05, 0.1) is 18.2 Å². The van der Waals surface area contributed by atoms with Gasteiger partial charge in [-0.2, -0.15) is 0 Å². The van der Waals surface area contributed by atoms with Crippen molar-refractivity contribution in [3.8, 4) is 0 Å². The Balaban J connectivity index is 2.70. The van der Waals surface area contributed by atoms with Crippen LogP contribution in [-0.2, 0) is 9.47 Å². The summed E-state index contributed by atoms with van der Waals surface area (Å²) < 4.78 is 11.6. The highest BCUT2D eigenvalue weighted by Gasteiger charge is 2.43. The standard InChI is InChI=1S/C15H31NO2/c1-6-16-13(12-18-7-2)15(17-5)10-8-14(3,4)9-11-15/h13,16H,6-12H2,1-5H3. The largest absolute Gasteiger partial charge is 0.380 e. The van der Waals surface area contributed by atoms with Crippen molar-refractivity contribution in [1.82, 2.24) is 5.32 Å². The topological polar surface area (TPSA) is 30.5 Å². The highest BCUT2D eigenvalue weighted by Crippen LogP contribution is 2.43. The predicted octanol–water partition coefficient (Wildman–Crippen LogP) is 2.99. The molecule has 108 valence electrons. The van der Waals surface area contributed by atoms with E-state index in [2.05, 4.69) is 26.1 Å². The Labute approximate surface area is 113 Å². The first-order valence-electron chi connectivity index (χ1n) is 7.36. The summed E-state index contributed by atoms with van der Waals surface area (Å²) in [6.07, 6.45) is 4.71. The van der Waals surface area contributed by atoms with E-state index >= 15 is 0 Å². The monoisotopic (exact) mass is 257 g/mol. The second kappa shape index (κ2) is 6.88. The molecule has 1 fully saturated rings. The van der Waals surface area contributed by atoms with Gasteiger partial charge in [0.2, 0.25) is 0 Å². The lowest BCUT2D eigenvalue weighted by Crippen LogP contribution is -2.56. The van der Waals surface area contributed by atoms with Gasteiger partial charge in [0.1, 0.15) is 0 Å². The van der Waals surface area contributed by atoms with E-state index in [9.17, 15) is 0 Å². The van der Waals surface area contributed by atoms with Gasteiger partial charge in [-0.25, -0.2) is 0 Å². The van der Waals surface area contributed by atoms with Crippen LogP contribution in [0, 0.1) is 5.41 Å². The Kier molecular flexibility index (Phi) is 6.09. The van der Waals surface area contributed by atoms with Crippen molar-refractivity contribution in [3.63, 3.8) is 0 Å². The fourth-order valence-electron chi connectivity index (χ4n) is 2.92. The average Bonchev–Trinajstić information content (AvgIpc) is 2.36. The molecule has 1 rings (SSSR count). The number of rotatable bonds is 7. The van der Waals surface area contributed by atoms with E-state index < -0.39 is 0 Å². The molecule has 1 atom stereocenters. The number of hydrogen-bond donors (Lipinski definition) is 1. The summed E-state index contributed by atoms with van der Waals surface area (Å²) in [5.74, 6) is 0. The van der Waals surface area contributed by atoms with Crippen molar-refractivity contribution in [2.24, 2.45) is 5.41 Å². The highest BCUT2D eigenvalue weighted by atomic mass is 16.5. The number of ether oxygens (including phenoxy) is 2. The molecule has 0 radical (unpaired) electrons. The molecule has 18 heavy (non-hydrogen) atoms. The van der Waals surface area contributed by atoms with E-state index in [0.717, 1.165) is 32.6 Å². The van der Waals surface area contributed by atoms with Crippen LogP contribution < -0.4 is 5.32 Å². The fraction of sp³-hybridized carbons (Fsp3) is 1.00. The molecule has 0 heterocycles. The van der Waals surface area contributed by atoms with Crippen LogP contribution in [0.2, 0.25) is 0 Å². The molecule has 3 heteroatoms. The molecule has 0 amide bonds. The molecule has 0 bridgehead atoms. The molecular weight excluding hydrogens is 226 g/mol. The first kappa shape index (κ1) is 15.9. The van der Waals surface area contributed by atoms with Crippen LogP contribution >= 0.6 is 0 Å². The van der Waals surface area contributed by atoms with Crippen molar-refractivity contribution in [2.45, 2.75) is 65.0 Å². The third kappa shape index (κ3) is 3.94. The smallest absolute Gasteiger partial charge is 0.0853 e. The Hall–Kier alpha value is -0.120. The zero-order chi connectivity index (χ0) is 13.6. The number of methoxy groups -OCH3 is 1. The number of likely N-dealkylation sites (N-methyl/N-ethyl adjacent to an activating group) is 1. The second-order valence-electron chi connectivity index (χ2n) is 6.20. The van der Waals surface area contributed by atoms with E-state index in [1.54, 1.807) is 0 Å². The number of hydrogen-bond acceptors (Lipinski definition) is 3. The van der Waals surface area contributed by atoms with Gasteiger partial charge in [-0.05, 0) is 44.6 Å². The van der Waals surface area contributed by atoms with Crippen LogP contribution in [0.5, 0.6) is 0 Å². The molecule has 1 aliphatic rings. The fourth-order valence-corrected chi connectivity index (χ4v) is 2.92. The Bertz CT molecular complexity index is 231. The Morgan fingerprint density at radius 1 is 1.11 bits per heavy atom. The maximum atomic E-state index is 5.94. The summed E-state index contributed by atoms with van der Waals surface area (Å²) in [4.78, 5) is 0. The lowest BCUT2D eigenvalue weighted by molar-refractivity contribution is -0.101. The minimum atomic E-state index is -0.0410. The number of nitrogens with one attached hydrogen (secondary N) is 1. The molecule has 0 aliphatic heterocycles. The Morgan fingerprint density at radius 2 is 1.72 bits per heavy atom. The van der Waals surface area contributed by atoms with Crippen LogP contribution in [0.3, 0.4) is 0 Å². The van der Waals surface area contributed by atoms with Crippen LogP contribution in [0.25, 0.3) is 0 Å². The van der Waals surface area contributed by atoms with E-state index in [-0.39, 0.29) is 5.60 Å². The lowest BCUT2D eigenvalue weighted by Gasteiger charge is -2.47. The van der Waals surface area contributed by atoms with Gasteiger partial charge in [-0.1, -0.05) is 20.8 Å². The molecule has 0 aromatic rings. The molecule has 0 saturated heterocycles. The van der Waals surface area contributed by atoms with Gasteiger partial charge in [0.15, 0.2) is 0 Å². The molecular formula is C15H31NO2. The van der Waals surface area contributed by atoms with Crippen LogP contribution in [-0.4, -0.2) is 38.5 Å². The van der Waals surface area contributed by atoms with Gasteiger partial charge in [-0.3, -0.25) is 0 Å². The molecule has 1 unspecified atom stereocenters. The van der Waals surface area contributed by atoms with Crippen molar-refractivity contribution in [1.29, 1.82) is 0 Å². The first-order chi connectivity index (χ1) is 8.49. The van der Waals surface area contributed by atoms with Crippen molar-refractivity contribution in [2.75, 3.05) is 26.9 Å². The zero-order valence-electron chi connectivity index (χ0n) is 12.8. The maximum absolute atomic E-state index is 5.94. The van der Waals surface area contributed by atoms with Gasteiger partial charge >= 0.3 is 0 Å².